The Balaban J connectivity index is 2.43. The van der Waals surface area contributed by atoms with Gasteiger partial charge in [0.05, 0.1) is 6.54 Å². The van der Waals surface area contributed by atoms with Gasteiger partial charge in [-0.25, -0.2) is 0 Å². The predicted octanol–water partition coefficient (Wildman–Crippen LogP) is 1.61. The van der Waals surface area contributed by atoms with E-state index >= 15 is 0 Å². The number of hydrogen-bond donors (Lipinski definition) is 1. The highest BCUT2D eigenvalue weighted by Crippen LogP contribution is 2.26. The standard InChI is InChI=1S/C12H13BrN2O2/c1-7-5-9(13)3-4-10(7)15-8(2)12(17)14-6-11(15)16/h3-5,8H,6H2,1-2H3,(H,14,17). The summed E-state index contributed by atoms with van der Waals surface area (Å²) in [4.78, 5) is 25.0. The zero-order valence-electron chi connectivity index (χ0n) is 9.66. The number of piperazine rings is 1. The molecule has 1 fully saturated rings. The Bertz CT molecular complexity index is 487. The van der Waals surface area contributed by atoms with Crippen LogP contribution in [0.15, 0.2) is 22.7 Å². The lowest BCUT2D eigenvalue weighted by atomic mass is 10.1. The van der Waals surface area contributed by atoms with Crippen LogP contribution in [0.2, 0.25) is 0 Å². The molecule has 2 rings (SSSR count). The van der Waals surface area contributed by atoms with Crippen LogP contribution in [-0.2, 0) is 9.59 Å². The van der Waals surface area contributed by atoms with Crippen LogP contribution in [0.1, 0.15) is 12.5 Å². The number of hydrogen-bond acceptors (Lipinski definition) is 2. The maximum absolute atomic E-state index is 11.9. The van der Waals surface area contributed by atoms with Crippen molar-refractivity contribution in [3.05, 3.63) is 28.2 Å². The van der Waals surface area contributed by atoms with E-state index in [9.17, 15) is 9.59 Å². The highest BCUT2D eigenvalue weighted by Gasteiger charge is 2.32. The fourth-order valence-corrected chi connectivity index (χ4v) is 2.44. The fraction of sp³-hybridized carbons (Fsp3) is 0.333. The topological polar surface area (TPSA) is 49.4 Å². The molecule has 2 amide bonds. The molecule has 1 unspecified atom stereocenters. The normalized spacial score (nSPS) is 20.4. The summed E-state index contributed by atoms with van der Waals surface area (Å²) in [5.41, 5.74) is 1.76. The number of anilines is 1. The molecule has 1 atom stereocenters. The second-order valence-corrected chi connectivity index (χ2v) is 5.00. The molecule has 0 saturated carbocycles. The van der Waals surface area contributed by atoms with Gasteiger partial charge >= 0.3 is 0 Å². The minimum Gasteiger partial charge on any atom is -0.345 e. The van der Waals surface area contributed by atoms with Crippen LogP contribution in [0.3, 0.4) is 0 Å². The molecule has 0 radical (unpaired) electrons. The first-order valence-electron chi connectivity index (χ1n) is 5.36. The number of halogens is 1. The summed E-state index contributed by atoms with van der Waals surface area (Å²) in [5, 5.41) is 2.57. The maximum Gasteiger partial charge on any atom is 0.247 e. The summed E-state index contributed by atoms with van der Waals surface area (Å²) in [6.07, 6.45) is 0. The first-order valence-corrected chi connectivity index (χ1v) is 6.16. The van der Waals surface area contributed by atoms with Gasteiger partial charge in [0.1, 0.15) is 6.04 Å². The SMILES string of the molecule is Cc1cc(Br)ccc1N1C(=O)CNC(=O)C1C. The summed E-state index contributed by atoms with van der Waals surface area (Å²) in [6, 6.07) is 5.19. The van der Waals surface area contributed by atoms with Gasteiger partial charge in [-0.3, -0.25) is 14.5 Å². The zero-order chi connectivity index (χ0) is 12.6. The Morgan fingerprint density at radius 1 is 1.41 bits per heavy atom. The first kappa shape index (κ1) is 12.1. The largest absolute Gasteiger partial charge is 0.345 e. The molecule has 1 aromatic rings. The molecule has 0 spiro atoms. The van der Waals surface area contributed by atoms with Gasteiger partial charge in [-0.05, 0) is 37.6 Å². The average Bonchev–Trinajstić information content (AvgIpc) is 2.27. The summed E-state index contributed by atoms with van der Waals surface area (Å²) < 4.78 is 0.959. The highest BCUT2D eigenvalue weighted by molar-refractivity contribution is 9.10. The molecule has 1 saturated heterocycles. The minimum absolute atomic E-state index is 0.0681. The van der Waals surface area contributed by atoms with E-state index < -0.39 is 6.04 Å². The van der Waals surface area contributed by atoms with Crippen LogP contribution >= 0.6 is 15.9 Å². The molecule has 1 N–H and O–H groups in total. The van der Waals surface area contributed by atoms with Gasteiger partial charge in [-0.2, -0.15) is 0 Å². The van der Waals surface area contributed by atoms with Crippen molar-refractivity contribution in [1.29, 1.82) is 0 Å². The Morgan fingerprint density at radius 3 is 2.76 bits per heavy atom. The van der Waals surface area contributed by atoms with Gasteiger partial charge in [0.2, 0.25) is 11.8 Å². The number of benzene rings is 1. The quantitative estimate of drug-likeness (QED) is 0.856. The smallest absolute Gasteiger partial charge is 0.247 e. The van der Waals surface area contributed by atoms with E-state index in [4.69, 9.17) is 0 Å². The van der Waals surface area contributed by atoms with Crippen LogP contribution in [-0.4, -0.2) is 24.4 Å². The van der Waals surface area contributed by atoms with Crippen molar-refractivity contribution in [2.45, 2.75) is 19.9 Å². The number of amides is 2. The number of nitrogens with one attached hydrogen (secondary N) is 1. The third-order valence-electron chi connectivity index (χ3n) is 2.87. The van der Waals surface area contributed by atoms with E-state index in [1.54, 1.807) is 11.8 Å². The van der Waals surface area contributed by atoms with Gasteiger partial charge in [-0.15, -0.1) is 0 Å². The van der Waals surface area contributed by atoms with E-state index in [-0.39, 0.29) is 18.4 Å². The van der Waals surface area contributed by atoms with Crippen LogP contribution < -0.4 is 10.2 Å². The van der Waals surface area contributed by atoms with Crippen molar-refractivity contribution in [3.8, 4) is 0 Å². The van der Waals surface area contributed by atoms with Crippen LogP contribution in [0, 0.1) is 6.92 Å². The second-order valence-electron chi connectivity index (χ2n) is 4.09. The van der Waals surface area contributed by atoms with Crippen molar-refractivity contribution in [1.82, 2.24) is 5.32 Å². The van der Waals surface area contributed by atoms with Crippen molar-refractivity contribution < 1.29 is 9.59 Å². The summed E-state index contributed by atoms with van der Waals surface area (Å²) in [7, 11) is 0. The Hall–Kier alpha value is -1.36. The predicted molar refractivity (Wildman–Crippen MR) is 68.8 cm³/mol. The maximum atomic E-state index is 11.9. The molecule has 0 aliphatic carbocycles. The first-order chi connectivity index (χ1) is 8.00. The lowest BCUT2D eigenvalue weighted by molar-refractivity contribution is -0.130. The third kappa shape index (κ3) is 2.20. The molecule has 0 aromatic heterocycles. The molecular weight excluding hydrogens is 284 g/mol. The second kappa shape index (κ2) is 4.49. The van der Waals surface area contributed by atoms with Gasteiger partial charge < -0.3 is 5.32 Å². The zero-order valence-corrected chi connectivity index (χ0v) is 11.2. The number of nitrogens with zero attached hydrogens (tertiary/aromatic N) is 1. The van der Waals surface area contributed by atoms with E-state index in [0.717, 1.165) is 15.7 Å². The molecule has 17 heavy (non-hydrogen) atoms. The molecule has 5 heteroatoms. The Morgan fingerprint density at radius 2 is 2.12 bits per heavy atom. The Labute approximate surface area is 108 Å². The summed E-state index contributed by atoms with van der Waals surface area (Å²) in [6.45, 7) is 3.72. The Kier molecular flexibility index (Phi) is 3.19. The lowest BCUT2D eigenvalue weighted by Gasteiger charge is -2.33. The molecule has 4 nitrogen and oxygen atoms in total. The summed E-state index contributed by atoms with van der Waals surface area (Å²) >= 11 is 3.38. The molecule has 1 aliphatic heterocycles. The van der Waals surface area contributed by atoms with E-state index in [1.807, 2.05) is 25.1 Å². The highest BCUT2D eigenvalue weighted by atomic mass is 79.9. The van der Waals surface area contributed by atoms with Gasteiger partial charge in [0.15, 0.2) is 0 Å². The number of aryl methyl sites for hydroxylation is 1. The van der Waals surface area contributed by atoms with Gasteiger partial charge in [-0.1, -0.05) is 15.9 Å². The van der Waals surface area contributed by atoms with E-state index in [1.165, 1.54) is 0 Å². The number of carbonyl (C=O) groups is 2. The minimum atomic E-state index is -0.462. The number of rotatable bonds is 1. The molecular formula is C12H13BrN2O2. The molecule has 0 bridgehead atoms. The monoisotopic (exact) mass is 296 g/mol. The van der Waals surface area contributed by atoms with Crippen molar-refractivity contribution >= 4 is 33.4 Å². The fourth-order valence-electron chi connectivity index (χ4n) is 1.96. The van der Waals surface area contributed by atoms with Crippen molar-refractivity contribution in [3.63, 3.8) is 0 Å². The van der Waals surface area contributed by atoms with Gasteiger partial charge in [0, 0.05) is 10.2 Å². The van der Waals surface area contributed by atoms with Gasteiger partial charge in [0.25, 0.3) is 0 Å². The molecule has 1 aromatic carbocycles. The van der Waals surface area contributed by atoms with Crippen LogP contribution in [0.25, 0.3) is 0 Å². The summed E-state index contributed by atoms with van der Waals surface area (Å²) in [5.74, 6) is -0.200. The molecule has 90 valence electrons. The van der Waals surface area contributed by atoms with Crippen LogP contribution in [0.4, 0.5) is 5.69 Å². The third-order valence-corrected chi connectivity index (χ3v) is 3.36. The van der Waals surface area contributed by atoms with Crippen molar-refractivity contribution in [2.24, 2.45) is 0 Å². The number of carbonyl (C=O) groups excluding carboxylic acids is 2. The lowest BCUT2D eigenvalue weighted by Crippen LogP contribution is -2.57. The average molecular weight is 297 g/mol. The van der Waals surface area contributed by atoms with E-state index in [0.29, 0.717) is 0 Å². The molecule has 1 heterocycles. The van der Waals surface area contributed by atoms with E-state index in [2.05, 4.69) is 21.2 Å². The van der Waals surface area contributed by atoms with Crippen LogP contribution in [0.5, 0.6) is 0 Å². The molecule has 1 aliphatic rings. The van der Waals surface area contributed by atoms with Crippen molar-refractivity contribution in [2.75, 3.05) is 11.4 Å².